The van der Waals surface area contributed by atoms with Gasteiger partial charge in [0.1, 0.15) is 0 Å². The fourth-order valence-electron chi connectivity index (χ4n) is 1.48. The summed E-state index contributed by atoms with van der Waals surface area (Å²) < 4.78 is 1.15. The van der Waals surface area contributed by atoms with Crippen molar-refractivity contribution in [1.29, 1.82) is 0 Å². The number of hydrogen-bond acceptors (Lipinski definition) is 1. The first-order valence-electron chi connectivity index (χ1n) is 4.01. The van der Waals surface area contributed by atoms with Crippen LogP contribution < -0.4 is 0 Å². The lowest BCUT2D eigenvalue weighted by atomic mass is 9.79. The smallest absolute Gasteiger partial charge is 0.241 e. The van der Waals surface area contributed by atoms with Gasteiger partial charge in [0.05, 0.1) is 0 Å². The Balaban J connectivity index is 2.86. The van der Waals surface area contributed by atoms with E-state index in [0.29, 0.717) is 6.42 Å². The topological polar surface area (TPSA) is 20.3 Å². The summed E-state index contributed by atoms with van der Waals surface area (Å²) in [4.78, 5) is 11.2. The summed E-state index contributed by atoms with van der Waals surface area (Å²) in [6, 6.07) is 0. The molecule has 1 amide bonds. The first-order chi connectivity index (χ1) is 5.34. The third-order valence-electron chi connectivity index (χ3n) is 2.30. The average molecular weight is 188 g/mol. The van der Waals surface area contributed by atoms with E-state index in [1.54, 1.807) is 0 Å². The lowest BCUT2D eigenvalue weighted by Gasteiger charge is -2.26. The number of carbonyl (C=O) groups excluding carboxylic acids is 1. The average Bonchev–Trinajstić information content (AvgIpc) is 2.15. The van der Waals surface area contributed by atoms with Crippen LogP contribution in [0, 0.1) is 11.3 Å². The third kappa shape index (κ3) is 1.48. The minimum absolute atomic E-state index is 0.0402. The molecular formula is C9H14ClNO. The van der Waals surface area contributed by atoms with Gasteiger partial charge in [-0.1, -0.05) is 27.4 Å². The van der Waals surface area contributed by atoms with Crippen LogP contribution in [0.15, 0.2) is 12.3 Å². The molecule has 12 heavy (non-hydrogen) atoms. The highest BCUT2D eigenvalue weighted by Gasteiger charge is 2.39. The summed E-state index contributed by atoms with van der Waals surface area (Å²) in [5.74, 6) is 0.143. The molecule has 0 radical (unpaired) electrons. The first kappa shape index (κ1) is 9.59. The minimum atomic E-state index is -0.0402. The summed E-state index contributed by atoms with van der Waals surface area (Å²) >= 11 is 5.70. The number of halogens is 1. The zero-order valence-corrected chi connectivity index (χ0v) is 8.48. The molecule has 1 aliphatic heterocycles. The molecule has 0 aliphatic carbocycles. The van der Waals surface area contributed by atoms with E-state index in [-0.39, 0.29) is 17.2 Å². The van der Waals surface area contributed by atoms with Crippen molar-refractivity contribution >= 4 is 17.7 Å². The normalized spacial score (nSPS) is 25.3. The minimum Gasteiger partial charge on any atom is -0.273 e. The van der Waals surface area contributed by atoms with Crippen LogP contribution in [0.2, 0.25) is 0 Å². The fraction of sp³-hybridized carbons (Fsp3) is 0.667. The standard InChI is InChI=1S/C9H14ClNO/c1-6-7(9(2,3)4)5-8(12)11(6)10/h7H,1,5H2,2-4H3. The van der Waals surface area contributed by atoms with E-state index in [4.69, 9.17) is 11.8 Å². The number of rotatable bonds is 0. The van der Waals surface area contributed by atoms with Crippen molar-refractivity contribution in [2.45, 2.75) is 27.2 Å². The predicted molar refractivity (Wildman–Crippen MR) is 49.4 cm³/mol. The summed E-state index contributed by atoms with van der Waals surface area (Å²) in [6.07, 6.45) is 0.492. The Kier molecular flexibility index (Phi) is 2.21. The van der Waals surface area contributed by atoms with Crippen LogP contribution in [-0.4, -0.2) is 10.3 Å². The van der Waals surface area contributed by atoms with E-state index < -0.39 is 0 Å². The van der Waals surface area contributed by atoms with Crippen molar-refractivity contribution in [2.24, 2.45) is 11.3 Å². The van der Waals surface area contributed by atoms with E-state index in [1.807, 2.05) is 0 Å². The lowest BCUT2D eigenvalue weighted by molar-refractivity contribution is -0.123. The van der Waals surface area contributed by atoms with Crippen LogP contribution in [0.25, 0.3) is 0 Å². The van der Waals surface area contributed by atoms with Crippen LogP contribution in [0.1, 0.15) is 27.2 Å². The van der Waals surface area contributed by atoms with Crippen molar-refractivity contribution in [2.75, 3.05) is 0 Å². The second kappa shape index (κ2) is 2.77. The van der Waals surface area contributed by atoms with Crippen LogP contribution in [0.3, 0.4) is 0 Å². The summed E-state index contributed by atoms with van der Waals surface area (Å²) in [5.41, 5.74) is 0.797. The van der Waals surface area contributed by atoms with Crippen LogP contribution in [-0.2, 0) is 4.79 Å². The highest BCUT2D eigenvalue weighted by Crippen LogP contribution is 2.41. The van der Waals surface area contributed by atoms with Crippen molar-refractivity contribution in [3.8, 4) is 0 Å². The Morgan fingerprint density at radius 2 is 2.08 bits per heavy atom. The quantitative estimate of drug-likeness (QED) is 0.534. The number of amides is 1. The molecule has 1 atom stereocenters. The van der Waals surface area contributed by atoms with E-state index >= 15 is 0 Å². The molecule has 0 bridgehead atoms. The highest BCUT2D eigenvalue weighted by molar-refractivity contribution is 6.23. The molecule has 1 saturated heterocycles. The van der Waals surface area contributed by atoms with Gasteiger partial charge in [0.2, 0.25) is 5.91 Å². The third-order valence-corrected chi connectivity index (χ3v) is 2.70. The number of hydrogen-bond donors (Lipinski definition) is 0. The van der Waals surface area contributed by atoms with E-state index in [9.17, 15) is 4.79 Å². The molecular weight excluding hydrogens is 174 g/mol. The molecule has 68 valence electrons. The molecule has 1 heterocycles. The number of allylic oxidation sites excluding steroid dienone is 1. The van der Waals surface area contributed by atoms with E-state index in [2.05, 4.69) is 27.4 Å². The molecule has 3 heteroatoms. The van der Waals surface area contributed by atoms with Crippen LogP contribution in [0.5, 0.6) is 0 Å². The van der Waals surface area contributed by atoms with Gasteiger partial charge in [0.15, 0.2) is 0 Å². The Bertz CT molecular complexity index is 229. The van der Waals surface area contributed by atoms with Crippen LogP contribution in [0.4, 0.5) is 0 Å². The van der Waals surface area contributed by atoms with Gasteiger partial charge in [0, 0.05) is 29.8 Å². The summed E-state index contributed by atoms with van der Waals surface area (Å²) in [6.45, 7) is 10.1. The monoisotopic (exact) mass is 187 g/mol. The maximum atomic E-state index is 11.2. The first-order valence-corrected chi connectivity index (χ1v) is 4.35. The molecule has 2 nitrogen and oxygen atoms in total. The van der Waals surface area contributed by atoms with Gasteiger partial charge in [-0.2, -0.15) is 0 Å². The summed E-state index contributed by atoms with van der Waals surface area (Å²) in [5, 5.41) is 0. The van der Waals surface area contributed by atoms with Crippen molar-refractivity contribution in [3.05, 3.63) is 12.3 Å². The second-order valence-electron chi connectivity index (χ2n) is 4.29. The Morgan fingerprint density at radius 1 is 1.58 bits per heavy atom. The number of nitrogens with zero attached hydrogens (tertiary/aromatic N) is 1. The van der Waals surface area contributed by atoms with Gasteiger partial charge in [0.25, 0.3) is 0 Å². The number of carbonyl (C=O) groups is 1. The highest BCUT2D eigenvalue weighted by atomic mass is 35.5. The Morgan fingerprint density at radius 3 is 2.25 bits per heavy atom. The largest absolute Gasteiger partial charge is 0.273 e. The second-order valence-corrected chi connectivity index (χ2v) is 4.63. The summed E-state index contributed by atoms with van der Waals surface area (Å²) in [7, 11) is 0. The molecule has 0 saturated carbocycles. The maximum Gasteiger partial charge on any atom is 0.241 e. The molecule has 1 unspecified atom stereocenters. The van der Waals surface area contributed by atoms with E-state index in [1.165, 1.54) is 0 Å². The molecule has 0 aromatic rings. The van der Waals surface area contributed by atoms with Crippen LogP contribution >= 0.6 is 11.8 Å². The molecule has 0 aromatic heterocycles. The lowest BCUT2D eigenvalue weighted by Crippen LogP contribution is -2.19. The van der Waals surface area contributed by atoms with Crippen molar-refractivity contribution in [1.82, 2.24) is 4.42 Å². The predicted octanol–water partition coefficient (Wildman–Crippen LogP) is 2.55. The molecule has 1 rings (SSSR count). The zero-order valence-electron chi connectivity index (χ0n) is 7.72. The molecule has 0 N–H and O–H groups in total. The van der Waals surface area contributed by atoms with Gasteiger partial charge in [-0.05, 0) is 5.41 Å². The van der Waals surface area contributed by atoms with Crippen molar-refractivity contribution < 1.29 is 4.79 Å². The maximum absolute atomic E-state index is 11.2. The Labute approximate surface area is 78.3 Å². The van der Waals surface area contributed by atoms with Gasteiger partial charge in [-0.15, -0.1) is 0 Å². The molecule has 1 aliphatic rings. The van der Waals surface area contributed by atoms with E-state index in [0.717, 1.165) is 10.1 Å². The van der Waals surface area contributed by atoms with Gasteiger partial charge >= 0.3 is 0 Å². The van der Waals surface area contributed by atoms with Gasteiger partial charge in [-0.3, -0.25) is 4.79 Å². The zero-order chi connectivity index (χ0) is 9.52. The molecule has 0 spiro atoms. The van der Waals surface area contributed by atoms with Gasteiger partial charge < -0.3 is 0 Å². The fourth-order valence-corrected chi connectivity index (χ4v) is 1.66. The molecule has 0 aromatic carbocycles. The molecule has 1 fully saturated rings. The van der Waals surface area contributed by atoms with Gasteiger partial charge in [-0.25, -0.2) is 4.42 Å². The van der Waals surface area contributed by atoms with Crippen molar-refractivity contribution in [3.63, 3.8) is 0 Å². The SMILES string of the molecule is C=C1C(C(C)(C)C)CC(=O)N1Cl. The Hall–Kier alpha value is -0.500.